The molecule has 0 spiro atoms. The molecule has 0 aliphatic heterocycles. The van der Waals surface area contributed by atoms with Crippen LogP contribution in [0.4, 0.5) is 11.5 Å². The van der Waals surface area contributed by atoms with E-state index < -0.39 is 4.92 Å². The predicted octanol–water partition coefficient (Wildman–Crippen LogP) is 0.510. The van der Waals surface area contributed by atoms with Crippen molar-refractivity contribution in [2.24, 2.45) is 5.73 Å². The molecule has 86 valence electrons. The van der Waals surface area contributed by atoms with Gasteiger partial charge >= 0.3 is 5.69 Å². The quantitative estimate of drug-likeness (QED) is 0.570. The summed E-state index contributed by atoms with van der Waals surface area (Å²) < 4.78 is 4.91. The van der Waals surface area contributed by atoms with Crippen LogP contribution in [0.2, 0.25) is 0 Å². The van der Waals surface area contributed by atoms with Crippen LogP contribution < -0.4 is 15.8 Å². The van der Waals surface area contributed by atoms with Crippen molar-refractivity contribution in [1.82, 2.24) is 4.98 Å². The van der Waals surface area contributed by atoms with Crippen LogP contribution in [-0.2, 0) is 0 Å². The first-order valence-electron chi connectivity index (χ1n) is 4.83. The van der Waals surface area contributed by atoms with Gasteiger partial charge in [0.05, 0.1) is 12.0 Å². The highest BCUT2D eigenvalue weighted by atomic mass is 16.6. The molecule has 1 fully saturated rings. The minimum Gasteiger partial charge on any atom is -0.481 e. The van der Waals surface area contributed by atoms with Gasteiger partial charge < -0.3 is 15.8 Å². The fraction of sp³-hybridized carbons (Fsp3) is 0.444. The van der Waals surface area contributed by atoms with E-state index in [1.807, 2.05) is 0 Å². The van der Waals surface area contributed by atoms with Crippen molar-refractivity contribution in [3.8, 4) is 5.88 Å². The summed E-state index contributed by atoms with van der Waals surface area (Å²) in [4.78, 5) is 14.3. The summed E-state index contributed by atoms with van der Waals surface area (Å²) in [6, 6.07) is 2.93. The molecule has 3 N–H and O–H groups in total. The van der Waals surface area contributed by atoms with Crippen LogP contribution in [0.5, 0.6) is 5.88 Å². The molecule has 1 aromatic rings. The third-order valence-electron chi connectivity index (χ3n) is 2.42. The van der Waals surface area contributed by atoms with Gasteiger partial charge in [0.1, 0.15) is 0 Å². The third kappa shape index (κ3) is 2.03. The largest absolute Gasteiger partial charge is 0.481 e. The summed E-state index contributed by atoms with van der Waals surface area (Å²) in [6.07, 6.45) is 0.802. The molecule has 0 amide bonds. The van der Waals surface area contributed by atoms with E-state index in [2.05, 4.69) is 10.3 Å². The molecular weight excluding hydrogens is 212 g/mol. The van der Waals surface area contributed by atoms with Crippen LogP contribution in [0, 0.1) is 10.1 Å². The highest BCUT2D eigenvalue weighted by Gasteiger charge is 2.35. The van der Waals surface area contributed by atoms with E-state index in [9.17, 15) is 10.1 Å². The number of nitrogens with two attached hydrogens (primary N) is 1. The molecule has 1 aromatic heterocycles. The first-order valence-corrected chi connectivity index (χ1v) is 4.83. The zero-order chi connectivity index (χ0) is 11.7. The lowest BCUT2D eigenvalue weighted by Gasteiger charge is -2.06. The van der Waals surface area contributed by atoms with Crippen molar-refractivity contribution in [3.05, 3.63) is 22.2 Å². The van der Waals surface area contributed by atoms with E-state index in [0.717, 1.165) is 6.42 Å². The van der Waals surface area contributed by atoms with Gasteiger partial charge in [0.25, 0.3) is 0 Å². The highest BCUT2D eigenvalue weighted by molar-refractivity contribution is 5.58. The maximum atomic E-state index is 10.8. The van der Waals surface area contributed by atoms with Crippen LogP contribution in [-0.4, -0.2) is 29.1 Å². The second kappa shape index (κ2) is 3.93. The van der Waals surface area contributed by atoms with E-state index in [0.29, 0.717) is 5.88 Å². The zero-order valence-electron chi connectivity index (χ0n) is 8.71. The van der Waals surface area contributed by atoms with Crippen LogP contribution in [0.25, 0.3) is 0 Å². The molecule has 0 radical (unpaired) electrons. The molecule has 16 heavy (non-hydrogen) atoms. The van der Waals surface area contributed by atoms with Crippen molar-refractivity contribution >= 4 is 11.5 Å². The lowest BCUT2D eigenvalue weighted by molar-refractivity contribution is -0.384. The Morgan fingerprint density at radius 1 is 1.69 bits per heavy atom. The fourth-order valence-corrected chi connectivity index (χ4v) is 1.36. The van der Waals surface area contributed by atoms with Crippen molar-refractivity contribution in [1.29, 1.82) is 0 Å². The van der Waals surface area contributed by atoms with Gasteiger partial charge in [-0.2, -0.15) is 4.98 Å². The average molecular weight is 224 g/mol. The summed E-state index contributed by atoms with van der Waals surface area (Å²) in [5, 5.41) is 13.7. The Morgan fingerprint density at radius 2 is 2.38 bits per heavy atom. The number of anilines is 1. The van der Waals surface area contributed by atoms with Crippen molar-refractivity contribution < 1.29 is 9.66 Å². The first kappa shape index (κ1) is 10.6. The molecule has 2 atom stereocenters. The number of aromatic nitrogens is 1. The second-order valence-corrected chi connectivity index (χ2v) is 3.63. The molecule has 2 unspecified atom stereocenters. The number of pyridine rings is 1. The maximum Gasteiger partial charge on any atom is 0.311 e. The van der Waals surface area contributed by atoms with Crippen molar-refractivity contribution in [3.63, 3.8) is 0 Å². The monoisotopic (exact) mass is 224 g/mol. The Bertz CT molecular complexity index is 423. The molecule has 7 heteroatoms. The lowest BCUT2D eigenvalue weighted by Crippen LogP contribution is -2.15. The molecule has 7 nitrogen and oxygen atoms in total. The molecule has 2 rings (SSSR count). The number of ether oxygens (including phenoxy) is 1. The molecule has 0 bridgehead atoms. The molecule has 1 aliphatic carbocycles. The summed E-state index contributed by atoms with van der Waals surface area (Å²) in [6.45, 7) is 0. The second-order valence-electron chi connectivity index (χ2n) is 3.63. The number of nitro groups is 1. The van der Waals surface area contributed by atoms with E-state index in [4.69, 9.17) is 10.5 Å². The maximum absolute atomic E-state index is 10.8. The minimum atomic E-state index is -0.483. The molecule has 0 saturated heterocycles. The van der Waals surface area contributed by atoms with Gasteiger partial charge in [-0.1, -0.05) is 0 Å². The van der Waals surface area contributed by atoms with Gasteiger partial charge in [-0.3, -0.25) is 10.1 Å². The van der Waals surface area contributed by atoms with E-state index >= 15 is 0 Å². The van der Waals surface area contributed by atoms with E-state index in [-0.39, 0.29) is 23.6 Å². The molecule has 1 aliphatic rings. The summed E-state index contributed by atoms with van der Waals surface area (Å²) in [5.41, 5.74) is 5.55. The van der Waals surface area contributed by atoms with Crippen LogP contribution >= 0.6 is 0 Å². The highest BCUT2D eigenvalue weighted by Crippen LogP contribution is 2.30. The smallest absolute Gasteiger partial charge is 0.311 e. The number of hydrogen-bond donors (Lipinski definition) is 2. The zero-order valence-corrected chi connectivity index (χ0v) is 8.71. The van der Waals surface area contributed by atoms with E-state index in [1.54, 1.807) is 0 Å². The number of nitrogens with one attached hydrogen (secondary N) is 1. The summed E-state index contributed by atoms with van der Waals surface area (Å²) in [7, 11) is 1.46. The normalized spacial score (nSPS) is 22.6. The first-order chi connectivity index (χ1) is 7.61. The number of nitrogens with zero attached hydrogens (tertiary/aromatic N) is 2. The Morgan fingerprint density at radius 3 is 2.88 bits per heavy atom. The third-order valence-corrected chi connectivity index (χ3v) is 2.42. The van der Waals surface area contributed by atoms with E-state index in [1.165, 1.54) is 19.2 Å². The SMILES string of the molecule is COc1ccc([N+](=O)[O-])c(NC2CC2N)n1. The Kier molecular flexibility index (Phi) is 2.61. The summed E-state index contributed by atoms with van der Waals surface area (Å²) >= 11 is 0. The number of methoxy groups -OCH3 is 1. The molecule has 0 aromatic carbocycles. The average Bonchev–Trinajstić information content (AvgIpc) is 2.93. The lowest BCUT2D eigenvalue weighted by atomic mass is 10.4. The topological polar surface area (TPSA) is 103 Å². The predicted molar refractivity (Wildman–Crippen MR) is 57.4 cm³/mol. The van der Waals surface area contributed by atoms with Gasteiger partial charge in [-0.15, -0.1) is 0 Å². The molecule has 1 heterocycles. The van der Waals surface area contributed by atoms with Gasteiger partial charge in [0.15, 0.2) is 0 Å². The summed E-state index contributed by atoms with van der Waals surface area (Å²) in [5.74, 6) is 0.546. The minimum absolute atomic E-state index is 0.0487. The molecule has 1 saturated carbocycles. The number of hydrogen-bond acceptors (Lipinski definition) is 6. The van der Waals surface area contributed by atoms with Gasteiger partial charge in [-0.05, 0) is 6.42 Å². The van der Waals surface area contributed by atoms with Crippen molar-refractivity contribution in [2.75, 3.05) is 12.4 Å². The standard InChI is InChI=1S/C9H12N4O3/c1-16-8-3-2-7(13(14)15)9(12-8)11-6-4-5(6)10/h2-3,5-6H,4,10H2,1H3,(H,11,12). The van der Waals surface area contributed by atoms with Crippen LogP contribution in [0.3, 0.4) is 0 Å². The Balaban J connectivity index is 2.26. The van der Waals surface area contributed by atoms with Gasteiger partial charge in [-0.25, -0.2) is 0 Å². The number of rotatable bonds is 4. The van der Waals surface area contributed by atoms with Gasteiger partial charge in [0.2, 0.25) is 11.7 Å². The Hall–Kier alpha value is -1.89. The Labute approximate surface area is 91.8 Å². The van der Waals surface area contributed by atoms with Crippen molar-refractivity contribution in [2.45, 2.75) is 18.5 Å². The fourth-order valence-electron chi connectivity index (χ4n) is 1.36. The molecular formula is C9H12N4O3. The van der Waals surface area contributed by atoms with Gasteiger partial charge in [0, 0.05) is 24.2 Å². The van der Waals surface area contributed by atoms with Crippen LogP contribution in [0.15, 0.2) is 12.1 Å². The van der Waals surface area contributed by atoms with Crippen LogP contribution in [0.1, 0.15) is 6.42 Å².